The summed E-state index contributed by atoms with van der Waals surface area (Å²) in [6.07, 6.45) is -2.41. The van der Waals surface area contributed by atoms with E-state index < -0.39 is 6.36 Å². The van der Waals surface area contributed by atoms with Gasteiger partial charge in [-0.05, 0) is 43.6 Å². The smallest absolute Gasteiger partial charge is 0.406 e. The van der Waals surface area contributed by atoms with Gasteiger partial charge in [0.15, 0.2) is 0 Å². The number of rotatable bonds is 3. The molecule has 1 heterocycles. The highest BCUT2D eigenvalue weighted by Gasteiger charge is 2.30. The predicted molar refractivity (Wildman–Crippen MR) is 70.4 cm³/mol. The quantitative estimate of drug-likeness (QED) is 0.774. The molecule has 0 amide bonds. The molecule has 0 aromatic heterocycles. The fourth-order valence-electron chi connectivity index (χ4n) is 2.11. The van der Waals surface area contributed by atoms with Crippen molar-refractivity contribution in [3.63, 3.8) is 0 Å². The van der Waals surface area contributed by atoms with E-state index in [0.29, 0.717) is 4.83 Å². The SMILES string of the molecule is FC(F)(F)Oc1ccc(CN2CCC(Br)CC2)cc1. The zero-order valence-corrected chi connectivity index (χ0v) is 11.9. The minimum Gasteiger partial charge on any atom is -0.406 e. The number of hydrogen-bond donors (Lipinski definition) is 0. The van der Waals surface area contributed by atoms with E-state index in [2.05, 4.69) is 25.6 Å². The second-order valence-corrected chi connectivity index (χ2v) is 5.94. The Balaban J connectivity index is 1.88. The van der Waals surface area contributed by atoms with Gasteiger partial charge in [-0.3, -0.25) is 4.90 Å². The third kappa shape index (κ3) is 5.03. The lowest BCUT2D eigenvalue weighted by atomic mass is 10.1. The van der Waals surface area contributed by atoms with Gasteiger partial charge in [-0.1, -0.05) is 28.1 Å². The van der Waals surface area contributed by atoms with Gasteiger partial charge in [-0.15, -0.1) is 13.2 Å². The van der Waals surface area contributed by atoms with Crippen molar-refractivity contribution in [3.8, 4) is 5.75 Å². The van der Waals surface area contributed by atoms with Gasteiger partial charge in [0.1, 0.15) is 5.75 Å². The minimum absolute atomic E-state index is 0.171. The van der Waals surface area contributed by atoms with Gasteiger partial charge in [0.2, 0.25) is 0 Å². The predicted octanol–water partition coefficient (Wildman–Crippen LogP) is 3.94. The molecule has 1 aromatic carbocycles. The average Bonchev–Trinajstić information content (AvgIpc) is 2.33. The summed E-state index contributed by atoms with van der Waals surface area (Å²) in [4.78, 5) is 2.89. The van der Waals surface area contributed by atoms with Crippen LogP contribution in [0.1, 0.15) is 18.4 Å². The third-order valence-electron chi connectivity index (χ3n) is 3.08. The van der Waals surface area contributed by atoms with Crippen molar-refractivity contribution in [1.29, 1.82) is 0 Å². The number of ether oxygens (including phenoxy) is 1. The van der Waals surface area contributed by atoms with E-state index in [1.54, 1.807) is 12.1 Å². The van der Waals surface area contributed by atoms with Crippen LogP contribution in [-0.2, 0) is 6.54 Å². The first-order valence-corrected chi connectivity index (χ1v) is 7.05. The Kier molecular flexibility index (Phi) is 4.73. The summed E-state index contributed by atoms with van der Waals surface area (Å²) in [5, 5.41) is 0. The average molecular weight is 338 g/mol. The van der Waals surface area contributed by atoms with Gasteiger partial charge in [0.25, 0.3) is 0 Å². The van der Waals surface area contributed by atoms with Gasteiger partial charge in [-0.2, -0.15) is 0 Å². The molecular weight excluding hydrogens is 323 g/mol. The fraction of sp³-hybridized carbons (Fsp3) is 0.538. The van der Waals surface area contributed by atoms with Gasteiger partial charge >= 0.3 is 6.36 Å². The first-order chi connectivity index (χ1) is 8.92. The molecule has 0 saturated carbocycles. The van der Waals surface area contributed by atoms with Crippen LogP contribution < -0.4 is 4.74 Å². The molecule has 0 atom stereocenters. The van der Waals surface area contributed by atoms with E-state index in [0.717, 1.165) is 38.0 Å². The molecule has 19 heavy (non-hydrogen) atoms. The number of hydrogen-bond acceptors (Lipinski definition) is 2. The molecule has 0 radical (unpaired) electrons. The molecule has 0 bridgehead atoms. The van der Waals surface area contributed by atoms with Crippen molar-refractivity contribution in [3.05, 3.63) is 29.8 Å². The van der Waals surface area contributed by atoms with Crippen molar-refractivity contribution in [2.75, 3.05) is 13.1 Å². The lowest BCUT2D eigenvalue weighted by molar-refractivity contribution is -0.274. The summed E-state index contributed by atoms with van der Waals surface area (Å²) in [5.74, 6) is -0.171. The summed E-state index contributed by atoms with van der Waals surface area (Å²) in [5.41, 5.74) is 1.00. The van der Waals surface area contributed by atoms with Crippen LogP contribution in [0.4, 0.5) is 13.2 Å². The van der Waals surface area contributed by atoms with E-state index in [1.807, 2.05) is 0 Å². The van der Waals surface area contributed by atoms with Crippen molar-refractivity contribution in [2.24, 2.45) is 0 Å². The standard InChI is InChI=1S/C13H15BrF3NO/c14-11-5-7-18(8-6-11)9-10-1-3-12(4-2-10)19-13(15,16)17/h1-4,11H,5-9H2. The molecule has 1 aromatic rings. The monoisotopic (exact) mass is 337 g/mol. The Hall–Kier alpha value is -0.750. The highest BCUT2D eigenvalue weighted by molar-refractivity contribution is 9.09. The van der Waals surface area contributed by atoms with E-state index in [-0.39, 0.29) is 5.75 Å². The molecule has 1 fully saturated rings. The lowest BCUT2D eigenvalue weighted by Gasteiger charge is -2.29. The number of piperidine rings is 1. The normalized spacial score (nSPS) is 18.5. The second kappa shape index (κ2) is 6.13. The van der Waals surface area contributed by atoms with Gasteiger partial charge < -0.3 is 4.74 Å². The van der Waals surface area contributed by atoms with Crippen molar-refractivity contribution in [2.45, 2.75) is 30.6 Å². The van der Waals surface area contributed by atoms with Crippen LogP contribution in [0.15, 0.2) is 24.3 Å². The fourth-order valence-corrected chi connectivity index (χ4v) is 2.52. The van der Waals surface area contributed by atoms with Crippen LogP contribution in [0.25, 0.3) is 0 Å². The number of halogens is 4. The van der Waals surface area contributed by atoms with E-state index in [4.69, 9.17) is 0 Å². The zero-order valence-electron chi connectivity index (χ0n) is 10.3. The largest absolute Gasteiger partial charge is 0.573 e. The summed E-state index contributed by atoms with van der Waals surface area (Å²) in [7, 11) is 0. The van der Waals surface area contributed by atoms with E-state index in [9.17, 15) is 13.2 Å². The summed E-state index contributed by atoms with van der Waals surface area (Å²) < 4.78 is 39.9. The van der Waals surface area contributed by atoms with Crippen molar-refractivity contribution >= 4 is 15.9 Å². The number of benzene rings is 1. The molecular formula is C13H15BrF3NO. The summed E-state index contributed by atoms with van der Waals surface area (Å²) >= 11 is 3.59. The zero-order chi connectivity index (χ0) is 13.9. The number of alkyl halides is 4. The highest BCUT2D eigenvalue weighted by Crippen LogP contribution is 2.24. The van der Waals surface area contributed by atoms with Crippen LogP contribution in [-0.4, -0.2) is 29.2 Å². The topological polar surface area (TPSA) is 12.5 Å². The van der Waals surface area contributed by atoms with E-state index >= 15 is 0 Å². The lowest BCUT2D eigenvalue weighted by Crippen LogP contribution is -2.33. The number of nitrogens with zero attached hydrogens (tertiary/aromatic N) is 1. The second-order valence-electron chi connectivity index (χ2n) is 4.64. The van der Waals surface area contributed by atoms with Gasteiger partial charge in [0, 0.05) is 11.4 Å². The van der Waals surface area contributed by atoms with E-state index in [1.165, 1.54) is 12.1 Å². The van der Waals surface area contributed by atoms with Gasteiger partial charge in [0.05, 0.1) is 0 Å². The summed E-state index contributed by atoms with van der Waals surface area (Å²) in [6, 6.07) is 6.09. The van der Waals surface area contributed by atoms with Crippen LogP contribution in [0, 0.1) is 0 Å². The molecule has 106 valence electrons. The highest BCUT2D eigenvalue weighted by atomic mass is 79.9. The minimum atomic E-state index is -4.63. The molecule has 2 nitrogen and oxygen atoms in total. The maximum atomic E-state index is 12.0. The van der Waals surface area contributed by atoms with Crippen molar-refractivity contribution in [1.82, 2.24) is 4.90 Å². The molecule has 1 saturated heterocycles. The maximum Gasteiger partial charge on any atom is 0.573 e. The Morgan fingerprint density at radius 1 is 1.16 bits per heavy atom. The van der Waals surface area contributed by atoms with Crippen molar-refractivity contribution < 1.29 is 17.9 Å². The molecule has 0 N–H and O–H groups in total. The maximum absolute atomic E-state index is 12.0. The Morgan fingerprint density at radius 2 is 1.74 bits per heavy atom. The first-order valence-electron chi connectivity index (χ1n) is 6.13. The van der Waals surface area contributed by atoms with Gasteiger partial charge in [-0.25, -0.2) is 0 Å². The molecule has 0 aliphatic carbocycles. The molecule has 1 aliphatic rings. The Morgan fingerprint density at radius 3 is 2.26 bits per heavy atom. The Bertz CT molecular complexity index is 399. The molecule has 2 rings (SSSR count). The molecule has 6 heteroatoms. The van der Waals surface area contributed by atoms with Crippen LogP contribution in [0.5, 0.6) is 5.75 Å². The molecule has 0 spiro atoms. The first kappa shape index (κ1) is 14.7. The summed E-state index contributed by atoms with van der Waals surface area (Å²) in [6.45, 7) is 2.79. The van der Waals surface area contributed by atoms with Crippen LogP contribution in [0.3, 0.4) is 0 Å². The molecule has 0 unspecified atom stereocenters. The van der Waals surface area contributed by atoms with Crippen LogP contribution in [0.2, 0.25) is 0 Å². The molecule has 1 aliphatic heterocycles. The Labute approximate surface area is 118 Å². The third-order valence-corrected chi connectivity index (χ3v) is 4.00. The number of likely N-dealkylation sites (tertiary alicyclic amines) is 1. The van der Waals surface area contributed by atoms with Crippen LogP contribution >= 0.6 is 15.9 Å².